The first-order valence-electron chi connectivity index (χ1n) is 6.05. The third-order valence-electron chi connectivity index (χ3n) is 2.64. The number of carbonyl (C=O) groups is 1. The lowest BCUT2D eigenvalue weighted by atomic mass is 10.2. The largest absolute Gasteiger partial charge is 0.496 e. The van der Waals surface area contributed by atoms with Crippen molar-refractivity contribution in [2.75, 3.05) is 7.11 Å². The topological polar surface area (TPSA) is 63.5 Å². The van der Waals surface area contributed by atoms with Crippen molar-refractivity contribution in [2.24, 2.45) is 0 Å². The van der Waals surface area contributed by atoms with Crippen LogP contribution in [0.3, 0.4) is 0 Å². The van der Waals surface area contributed by atoms with E-state index >= 15 is 0 Å². The fourth-order valence-corrected chi connectivity index (χ4v) is 1.99. The molecule has 0 aliphatic heterocycles. The van der Waals surface area contributed by atoms with Gasteiger partial charge in [0.1, 0.15) is 11.5 Å². The third kappa shape index (κ3) is 4.21. The Morgan fingerprint density at radius 3 is 2.90 bits per heavy atom. The maximum atomic E-state index is 12.1. The van der Waals surface area contributed by atoms with Crippen LogP contribution in [-0.2, 0) is 6.54 Å². The van der Waals surface area contributed by atoms with Crippen LogP contribution in [0.25, 0.3) is 0 Å². The van der Waals surface area contributed by atoms with Crippen LogP contribution in [0.5, 0.6) is 5.75 Å². The number of rotatable bonds is 4. The molecule has 0 atom stereocenters. The monoisotopic (exact) mass is 324 g/mol. The quantitative estimate of drug-likeness (QED) is 0.847. The van der Waals surface area contributed by atoms with Crippen molar-refractivity contribution in [3.8, 4) is 5.75 Å². The highest BCUT2D eigenvalue weighted by atomic mass is 35.5. The van der Waals surface area contributed by atoms with Crippen molar-refractivity contribution in [3.05, 3.63) is 52.9 Å². The molecular weight excluding hydrogens is 312 g/mol. The summed E-state index contributed by atoms with van der Waals surface area (Å²) in [6.45, 7) is 0.388. The molecular formula is C14H13ClN2O3S. The maximum Gasteiger partial charge on any atom is 0.261 e. The number of nitrogens with one attached hydrogen (secondary N) is 2. The van der Waals surface area contributed by atoms with Gasteiger partial charge in [0.15, 0.2) is 5.11 Å². The van der Waals surface area contributed by atoms with Gasteiger partial charge in [0.25, 0.3) is 5.91 Å². The number of amides is 1. The summed E-state index contributed by atoms with van der Waals surface area (Å²) in [4.78, 5) is 12.1. The van der Waals surface area contributed by atoms with E-state index in [1.807, 2.05) is 0 Å². The average Bonchev–Trinajstić information content (AvgIpc) is 2.98. The zero-order valence-corrected chi connectivity index (χ0v) is 12.8. The van der Waals surface area contributed by atoms with E-state index in [1.54, 1.807) is 30.5 Å². The Hall–Kier alpha value is -2.05. The van der Waals surface area contributed by atoms with Gasteiger partial charge in [-0.15, -0.1) is 0 Å². The fourth-order valence-electron chi connectivity index (χ4n) is 1.65. The Morgan fingerprint density at radius 2 is 2.24 bits per heavy atom. The van der Waals surface area contributed by atoms with Crippen LogP contribution in [0.2, 0.25) is 5.02 Å². The van der Waals surface area contributed by atoms with Crippen LogP contribution in [0.15, 0.2) is 41.0 Å². The Bertz CT molecular complexity index is 644. The van der Waals surface area contributed by atoms with Crippen LogP contribution in [-0.4, -0.2) is 18.1 Å². The summed E-state index contributed by atoms with van der Waals surface area (Å²) in [5, 5.41) is 6.06. The molecule has 21 heavy (non-hydrogen) atoms. The van der Waals surface area contributed by atoms with Gasteiger partial charge >= 0.3 is 0 Å². The van der Waals surface area contributed by atoms with E-state index in [-0.39, 0.29) is 5.11 Å². The van der Waals surface area contributed by atoms with Gasteiger partial charge in [-0.05, 0) is 42.5 Å². The second-order valence-corrected chi connectivity index (χ2v) is 4.91. The summed E-state index contributed by atoms with van der Waals surface area (Å²) in [7, 11) is 1.48. The highest BCUT2D eigenvalue weighted by Crippen LogP contribution is 2.22. The van der Waals surface area contributed by atoms with Gasteiger partial charge in [-0.2, -0.15) is 0 Å². The van der Waals surface area contributed by atoms with E-state index in [1.165, 1.54) is 13.2 Å². The summed E-state index contributed by atoms with van der Waals surface area (Å²) in [6, 6.07) is 8.36. The van der Waals surface area contributed by atoms with Gasteiger partial charge in [-0.3, -0.25) is 10.1 Å². The molecule has 7 heteroatoms. The molecule has 1 aromatic carbocycles. The lowest BCUT2D eigenvalue weighted by molar-refractivity contribution is 0.0973. The molecule has 0 fully saturated rings. The van der Waals surface area contributed by atoms with Crippen LogP contribution in [0.4, 0.5) is 0 Å². The lowest BCUT2D eigenvalue weighted by Gasteiger charge is -2.11. The summed E-state index contributed by atoms with van der Waals surface area (Å²) < 4.78 is 10.3. The van der Waals surface area contributed by atoms with Gasteiger partial charge < -0.3 is 14.5 Å². The Balaban J connectivity index is 1.97. The smallest absolute Gasteiger partial charge is 0.261 e. The summed E-state index contributed by atoms with van der Waals surface area (Å²) in [5.74, 6) is 0.740. The SMILES string of the molecule is COc1ccc(Cl)cc1C(=O)NC(=S)NCc1ccco1. The fraction of sp³-hybridized carbons (Fsp3) is 0.143. The number of furan rings is 1. The Labute approximate surface area is 132 Å². The van der Waals surface area contributed by atoms with Gasteiger partial charge in [0.2, 0.25) is 0 Å². The number of benzene rings is 1. The van der Waals surface area contributed by atoms with E-state index in [4.69, 9.17) is 33.0 Å². The highest BCUT2D eigenvalue weighted by Gasteiger charge is 2.14. The van der Waals surface area contributed by atoms with E-state index in [0.29, 0.717) is 28.6 Å². The average molecular weight is 325 g/mol. The van der Waals surface area contributed by atoms with E-state index in [9.17, 15) is 4.79 Å². The van der Waals surface area contributed by atoms with E-state index in [2.05, 4.69) is 10.6 Å². The molecule has 110 valence electrons. The summed E-state index contributed by atoms with van der Waals surface area (Å²) in [5.41, 5.74) is 0.312. The predicted molar refractivity (Wildman–Crippen MR) is 83.6 cm³/mol. The number of hydrogen-bond donors (Lipinski definition) is 2. The molecule has 0 saturated carbocycles. The lowest BCUT2D eigenvalue weighted by Crippen LogP contribution is -2.38. The summed E-state index contributed by atoms with van der Waals surface area (Å²) >= 11 is 10.9. The number of halogens is 1. The molecule has 0 aliphatic carbocycles. The molecule has 2 aromatic rings. The molecule has 0 unspecified atom stereocenters. The Morgan fingerprint density at radius 1 is 1.43 bits per heavy atom. The van der Waals surface area contributed by atoms with Crippen molar-refractivity contribution in [3.63, 3.8) is 0 Å². The van der Waals surface area contributed by atoms with E-state index < -0.39 is 5.91 Å². The van der Waals surface area contributed by atoms with Crippen molar-refractivity contribution in [2.45, 2.75) is 6.54 Å². The van der Waals surface area contributed by atoms with Crippen molar-refractivity contribution in [1.29, 1.82) is 0 Å². The van der Waals surface area contributed by atoms with Crippen LogP contribution in [0.1, 0.15) is 16.1 Å². The second kappa shape index (κ2) is 7.10. The highest BCUT2D eigenvalue weighted by molar-refractivity contribution is 7.80. The molecule has 0 aliphatic rings. The van der Waals surface area contributed by atoms with Gasteiger partial charge in [-0.25, -0.2) is 0 Å². The first-order valence-corrected chi connectivity index (χ1v) is 6.84. The molecule has 1 heterocycles. The van der Waals surface area contributed by atoms with E-state index in [0.717, 1.165) is 0 Å². The summed E-state index contributed by atoms with van der Waals surface area (Å²) in [6.07, 6.45) is 1.56. The molecule has 2 rings (SSSR count). The molecule has 2 N–H and O–H groups in total. The van der Waals surface area contributed by atoms with Crippen molar-refractivity contribution < 1.29 is 13.9 Å². The zero-order valence-electron chi connectivity index (χ0n) is 11.2. The maximum absolute atomic E-state index is 12.1. The van der Waals surface area contributed by atoms with Crippen molar-refractivity contribution >= 4 is 34.8 Å². The number of thiocarbonyl (C=S) groups is 1. The Kier molecular flexibility index (Phi) is 5.19. The van der Waals surface area contributed by atoms with Crippen molar-refractivity contribution in [1.82, 2.24) is 10.6 Å². The second-order valence-electron chi connectivity index (χ2n) is 4.06. The minimum absolute atomic E-state index is 0.193. The standard InChI is InChI=1S/C14H13ClN2O3S/c1-19-12-5-4-9(15)7-11(12)13(18)17-14(21)16-8-10-3-2-6-20-10/h2-7H,8H2,1H3,(H2,16,17,18,21). The molecule has 0 saturated heterocycles. The van der Waals surface area contributed by atoms with Gasteiger partial charge in [0.05, 0.1) is 25.5 Å². The van der Waals surface area contributed by atoms with Crippen LogP contribution in [0, 0.1) is 0 Å². The van der Waals surface area contributed by atoms with Crippen LogP contribution < -0.4 is 15.4 Å². The first-order chi connectivity index (χ1) is 10.1. The number of hydrogen-bond acceptors (Lipinski definition) is 4. The molecule has 5 nitrogen and oxygen atoms in total. The molecule has 0 bridgehead atoms. The molecule has 1 amide bonds. The minimum Gasteiger partial charge on any atom is -0.496 e. The number of ether oxygens (including phenoxy) is 1. The minimum atomic E-state index is -0.397. The van der Waals surface area contributed by atoms with Crippen LogP contribution >= 0.6 is 23.8 Å². The normalized spacial score (nSPS) is 10.0. The number of carbonyl (C=O) groups excluding carboxylic acids is 1. The van der Waals surface area contributed by atoms with Gasteiger partial charge in [0, 0.05) is 5.02 Å². The molecule has 0 radical (unpaired) electrons. The third-order valence-corrected chi connectivity index (χ3v) is 3.12. The first kappa shape index (κ1) is 15.3. The number of methoxy groups -OCH3 is 1. The van der Waals surface area contributed by atoms with Gasteiger partial charge in [-0.1, -0.05) is 11.6 Å². The molecule has 0 spiro atoms. The predicted octanol–water partition coefficient (Wildman–Crippen LogP) is 2.75. The zero-order chi connectivity index (χ0) is 15.2. The molecule has 1 aromatic heterocycles.